The Kier molecular flexibility index (Phi) is 4.89. The molecule has 0 atom stereocenters. The van der Waals surface area contributed by atoms with Crippen molar-refractivity contribution in [2.75, 3.05) is 20.8 Å². The molecule has 0 aliphatic carbocycles. The zero-order valence-electron chi connectivity index (χ0n) is 14.5. The molecule has 0 saturated carbocycles. The summed E-state index contributed by atoms with van der Waals surface area (Å²) in [5, 5.41) is 0. The van der Waals surface area contributed by atoms with Crippen LogP contribution in [-0.2, 0) is 4.74 Å². The van der Waals surface area contributed by atoms with Gasteiger partial charge < -0.3 is 14.2 Å². The van der Waals surface area contributed by atoms with E-state index in [1.165, 1.54) is 7.11 Å². The van der Waals surface area contributed by atoms with Crippen molar-refractivity contribution in [3.05, 3.63) is 70.3 Å². The van der Waals surface area contributed by atoms with Crippen LogP contribution in [0.2, 0.25) is 0 Å². The molecule has 0 saturated heterocycles. The zero-order valence-corrected chi connectivity index (χ0v) is 14.5. The minimum atomic E-state index is -0.331. The quantitative estimate of drug-likeness (QED) is 0.778. The average molecular weight is 336 g/mol. The summed E-state index contributed by atoms with van der Waals surface area (Å²) in [7, 11) is 3.02. The SMILES string of the molecule is COC(=O)c1ccc(C=C(C)C2=Cc3ccc(OC)cc3OC2)cc1. The largest absolute Gasteiger partial charge is 0.497 e. The van der Waals surface area contributed by atoms with Crippen LogP contribution >= 0.6 is 0 Å². The van der Waals surface area contributed by atoms with E-state index in [9.17, 15) is 4.79 Å². The molecule has 1 heterocycles. The van der Waals surface area contributed by atoms with Gasteiger partial charge >= 0.3 is 5.97 Å². The molecule has 4 heteroatoms. The number of ether oxygens (including phenoxy) is 3. The van der Waals surface area contributed by atoms with Gasteiger partial charge in [0.2, 0.25) is 0 Å². The molecular weight excluding hydrogens is 316 g/mol. The van der Waals surface area contributed by atoms with E-state index >= 15 is 0 Å². The molecule has 0 fully saturated rings. The van der Waals surface area contributed by atoms with Crippen LogP contribution in [0.4, 0.5) is 0 Å². The fourth-order valence-electron chi connectivity index (χ4n) is 2.67. The molecular formula is C21H20O4. The first-order valence-electron chi connectivity index (χ1n) is 7.99. The lowest BCUT2D eigenvalue weighted by molar-refractivity contribution is 0.0600. The number of benzene rings is 2. The summed E-state index contributed by atoms with van der Waals surface area (Å²) >= 11 is 0. The molecule has 128 valence electrons. The second-order valence-electron chi connectivity index (χ2n) is 5.80. The van der Waals surface area contributed by atoms with Gasteiger partial charge in [0.1, 0.15) is 18.1 Å². The van der Waals surface area contributed by atoms with E-state index in [1.54, 1.807) is 19.2 Å². The van der Waals surface area contributed by atoms with Crippen molar-refractivity contribution in [1.82, 2.24) is 0 Å². The third kappa shape index (κ3) is 3.74. The Hall–Kier alpha value is -3.01. The minimum absolute atomic E-state index is 0.331. The highest BCUT2D eigenvalue weighted by molar-refractivity contribution is 5.89. The molecule has 0 spiro atoms. The highest BCUT2D eigenvalue weighted by Gasteiger charge is 2.13. The molecule has 0 N–H and O–H groups in total. The van der Waals surface area contributed by atoms with Crippen LogP contribution < -0.4 is 9.47 Å². The first-order valence-corrected chi connectivity index (χ1v) is 7.99. The van der Waals surface area contributed by atoms with Crippen LogP contribution in [0.15, 0.2) is 53.6 Å². The third-order valence-electron chi connectivity index (χ3n) is 4.16. The Balaban J connectivity index is 1.82. The van der Waals surface area contributed by atoms with E-state index in [0.29, 0.717) is 12.2 Å². The zero-order chi connectivity index (χ0) is 17.8. The third-order valence-corrected chi connectivity index (χ3v) is 4.16. The summed E-state index contributed by atoms with van der Waals surface area (Å²) in [4.78, 5) is 11.5. The summed E-state index contributed by atoms with van der Waals surface area (Å²) in [5.74, 6) is 1.29. The highest BCUT2D eigenvalue weighted by atomic mass is 16.5. The van der Waals surface area contributed by atoms with Gasteiger partial charge in [0, 0.05) is 11.6 Å². The second-order valence-corrected chi connectivity index (χ2v) is 5.80. The van der Waals surface area contributed by atoms with Crippen molar-refractivity contribution in [1.29, 1.82) is 0 Å². The van der Waals surface area contributed by atoms with Gasteiger partial charge in [0.15, 0.2) is 0 Å². The molecule has 1 aliphatic heterocycles. The van der Waals surface area contributed by atoms with E-state index in [0.717, 1.165) is 33.8 Å². The number of carbonyl (C=O) groups excluding carboxylic acids is 1. The lowest BCUT2D eigenvalue weighted by atomic mass is 9.99. The summed E-state index contributed by atoms with van der Waals surface area (Å²) in [6.45, 7) is 2.57. The predicted molar refractivity (Wildman–Crippen MR) is 97.9 cm³/mol. The van der Waals surface area contributed by atoms with Gasteiger partial charge in [0.05, 0.1) is 19.8 Å². The van der Waals surface area contributed by atoms with Crippen molar-refractivity contribution in [3.8, 4) is 11.5 Å². The minimum Gasteiger partial charge on any atom is -0.497 e. The number of fused-ring (bicyclic) bond motifs is 1. The average Bonchev–Trinajstić information content (AvgIpc) is 2.67. The first kappa shape index (κ1) is 16.8. The Labute approximate surface area is 147 Å². The van der Waals surface area contributed by atoms with Gasteiger partial charge in [0.25, 0.3) is 0 Å². The van der Waals surface area contributed by atoms with Crippen molar-refractivity contribution >= 4 is 18.1 Å². The maximum absolute atomic E-state index is 11.5. The van der Waals surface area contributed by atoms with Gasteiger partial charge in [-0.3, -0.25) is 0 Å². The lowest BCUT2D eigenvalue weighted by Gasteiger charge is -2.19. The summed E-state index contributed by atoms with van der Waals surface area (Å²) < 4.78 is 15.8. The summed E-state index contributed by atoms with van der Waals surface area (Å²) in [6.07, 6.45) is 4.21. The van der Waals surface area contributed by atoms with Crippen molar-refractivity contribution in [3.63, 3.8) is 0 Å². The number of hydrogen-bond acceptors (Lipinski definition) is 4. The fourth-order valence-corrected chi connectivity index (χ4v) is 2.67. The first-order chi connectivity index (χ1) is 12.1. The van der Waals surface area contributed by atoms with E-state index in [2.05, 4.69) is 19.1 Å². The Bertz CT molecular complexity index is 845. The number of carbonyl (C=O) groups is 1. The van der Waals surface area contributed by atoms with Gasteiger partial charge in [-0.2, -0.15) is 0 Å². The maximum Gasteiger partial charge on any atom is 0.337 e. The Morgan fingerprint density at radius 3 is 2.56 bits per heavy atom. The normalized spacial score (nSPS) is 13.4. The van der Waals surface area contributed by atoms with E-state index in [1.807, 2.05) is 30.3 Å². The van der Waals surface area contributed by atoms with E-state index in [4.69, 9.17) is 14.2 Å². The Morgan fingerprint density at radius 2 is 1.88 bits per heavy atom. The number of methoxy groups -OCH3 is 2. The molecule has 0 unspecified atom stereocenters. The number of esters is 1. The summed E-state index contributed by atoms with van der Waals surface area (Å²) in [6, 6.07) is 13.1. The monoisotopic (exact) mass is 336 g/mol. The van der Waals surface area contributed by atoms with Crippen molar-refractivity contribution in [2.24, 2.45) is 0 Å². The van der Waals surface area contributed by atoms with Crippen LogP contribution in [-0.4, -0.2) is 26.8 Å². The fraction of sp³-hybridized carbons (Fsp3) is 0.190. The highest BCUT2D eigenvalue weighted by Crippen LogP contribution is 2.32. The van der Waals surface area contributed by atoms with Gasteiger partial charge in [-0.1, -0.05) is 18.2 Å². The molecule has 1 aliphatic rings. The molecule has 4 nitrogen and oxygen atoms in total. The standard InChI is InChI=1S/C21H20O4/c1-14(10-15-4-6-16(7-5-15)21(22)24-3)18-11-17-8-9-19(23-2)12-20(17)25-13-18/h4-12H,13H2,1-3H3. The predicted octanol–water partition coefficient (Wildman–Crippen LogP) is 4.36. The van der Waals surface area contributed by atoms with Crippen molar-refractivity contribution < 1.29 is 19.0 Å². The van der Waals surface area contributed by atoms with Crippen LogP contribution in [0, 0.1) is 0 Å². The summed E-state index contributed by atoms with van der Waals surface area (Å²) in [5.41, 5.74) is 4.84. The van der Waals surface area contributed by atoms with Crippen LogP contribution in [0.5, 0.6) is 11.5 Å². The van der Waals surface area contributed by atoms with Crippen LogP contribution in [0.1, 0.15) is 28.4 Å². The van der Waals surface area contributed by atoms with Gasteiger partial charge in [-0.25, -0.2) is 4.79 Å². The van der Waals surface area contributed by atoms with Crippen molar-refractivity contribution in [2.45, 2.75) is 6.92 Å². The van der Waals surface area contributed by atoms with Crippen LogP contribution in [0.25, 0.3) is 12.2 Å². The molecule has 0 amide bonds. The smallest absolute Gasteiger partial charge is 0.337 e. The lowest BCUT2D eigenvalue weighted by Crippen LogP contribution is -2.08. The number of rotatable bonds is 4. The van der Waals surface area contributed by atoms with Gasteiger partial charge in [-0.15, -0.1) is 0 Å². The topological polar surface area (TPSA) is 44.8 Å². The molecule has 0 radical (unpaired) electrons. The molecule has 2 aromatic rings. The Morgan fingerprint density at radius 1 is 1.12 bits per heavy atom. The van der Waals surface area contributed by atoms with Crippen LogP contribution in [0.3, 0.4) is 0 Å². The number of hydrogen-bond donors (Lipinski definition) is 0. The molecule has 3 rings (SSSR count). The maximum atomic E-state index is 11.5. The molecule has 25 heavy (non-hydrogen) atoms. The second kappa shape index (κ2) is 7.26. The molecule has 2 aromatic carbocycles. The van der Waals surface area contributed by atoms with E-state index < -0.39 is 0 Å². The van der Waals surface area contributed by atoms with E-state index in [-0.39, 0.29) is 5.97 Å². The van der Waals surface area contributed by atoms with Gasteiger partial charge in [-0.05, 0) is 54.0 Å². The molecule has 0 aromatic heterocycles. The molecule has 0 bridgehead atoms.